The molecule has 1 aromatic rings. The van der Waals surface area contributed by atoms with E-state index in [1.54, 1.807) is 0 Å². The minimum absolute atomic E-state index is 0.764. The first-order valence-electron chi connectivity index (χ1n) is 3.19. The number of nitrogens with zero attached hydrogens (tertiary/aromatic N) is 1. The topological polar surface area (TPSA) is 4.36 Å². The van der Waals surface area contributed by atoms with Crippen LogP contribution in [0.1, 0.15) is 11.1 Å². The molecule has 0 unspecified atom stereocenters. The molecule has 0 radical (unpaired) electrons. The molecule has 0 aromatic heterocycles. The summed E-state index contributed by atoms with van der Waals surface area (Å²) in [6, 6.07) is 5.77. The van der Waals surface area contributed by atoms with Crippen LogP contribution in [0.4, 0.5) is 5.69 Å². The van der Waals surface area contributed by atoms with Gasteiger partial charge in [0.05, 0.1) is 6.57 Å². The van der Waals surface area contributed by atoms with Crippen molar-refractivity contribution in [3.63, 3.8) is 0 Å². The molecule has 0 N–H and O–H groups in total. The van der Waals surface area contributed by atoms with E-state index < -0.39 is 0 Å². The lowest BCUT2D eigenvalue weighted by atomic mass is 10.1. The highest BCUT2D eigenvalue weighted by Crippen LogP contribution is 2.20. The quantitative estimate of drug-likeness (QED) is 0.477. The second kappa shape index (κ2) is 2.53. The summed E-state index contributed by atoms with van der Waals surface area (Å²) in [6.07, 6.45) is 0. The van der Waals surface area contributed by atoms with Crippen LogP contribution in [0.3, 0.4) is 0 Å². The van der Waals surface area contributed by atoms with Crippen LogP contribution >= 0.6 is 0 Å². The van der Waals surface area contributed by atoms with Gasteiger partial charge in [-0.2, -0.15) is 0 Å². The van der Waals surface area contributed by atoms with Crippen molar-refractivity contribution < 1.29 is 0 Å². The summed E-state index contributed by atoms with van der Waals surface area (Å²) in [6.45, 7) is 10.8. The fraction of sp³-hybridized carbons (Fsp3) is 0.222. The number of hydrogen-bond donors (Lipinski definition) is 0. The van der Waals surface area contributed by atoms with Gasteiger partial charge in [-0.25, -0.2) is 4.85 Å². The summed E-state index contributed by atoms with van der Waals surface area (Å²) >= 11 is 0. The largest absolute Gasteiger partial charge is 0.238 e. The summed E-state index contributed by atoms with van der Waals surface area (Å²) in [5.41, 5.74) is 3.05. The van der Waals surface area contributed by atoms with Crippen molar-refractivity contribution >= 4 is 5.69 Å². The molecule has 0 saturated carbocycles. The molecule has 0 amide bonds. The number of benzene rings is 1. The molecule has 0 heterocycles. The van der Waals surface area contributed by atoms with Gasteiger partial charge >= 0.3 is 0 Å². The van der Waals surface area contributed by atoms with Crippen molar-refractivity contribution in [3.8, 4) is 0 Å². The first kappa shape index (κ1) is 6.82. The van der Waals surface area contributed by atoms with Crippen LogP contribution in [0.5, 0.6) is 0 Å². The van der Waals surface area contributed by atoms with Gasteiger partial charge in [-0.3, -0.25) is 0 Å². The first-order valence-corrected chi connectivity index (χ1v) is 3.19. The maximum Gasteiger partial charge on any atom is 0.190 e. The third kappa shape index (κ3) is 1.01. The van der Waals surface area contributed by atoms with Gasteiger partial charge in [0.2, 0.25) is 0 Å². The van der Waals surface area contributed by atoms with E-state index in [0.717, 1.165) is 11.3 Å². The van der Waals surface area contributed by atoms with Crippen LogP contribution in [-0.2, 0) is 0 Å². The first-order chi connectivity index (χ1) is 4.75. The molecule has 0 aliphatic carbocycles. The van der Waals surface area contributed by atoms with Gasteiger partial charge in [0.25, 0.3) is 0 Å². The molecule has 1 rings (SSSR count). The normalized spacial score (nSPS) is 8.90. The summed E-state index contributed by atoms with van der Waals surface area (Å²) in [5.74, 6) is 0. The smallest absolute Gasteiger partial charge is 0.190 e. The van der Waals surface area contributed by atoms with Gasteiger partial charge in [0, 0.05) is 0 Å². The van der Waals surface area contributed by atoms with Gasteiger partial charge < -0.3 is 0 Å². The molecule has 0 spiro atoms. The van der Waals surface area contributed by atoms with E-state index in [2.05, 4.69) is 4.85 Å². The summed E-state index contributed by atoms with van der Waals surface area (Å²) in [7, 11) is 0. The molecule has 1 nitrogen and oxygen atoms in total. The van der Waals surface area contributed by atoms with Gasteiger partial charge in [-0.1, -0.05) is 23.8 Å². The molecule has 0 saturated heterocycles. The summed E-state index contributed by atoms with van der Waals surface area (Å²) < 4.78 is 0. The molecule has 0 aliphatic rings. The molecular weight excluding hydrogens is 122 g/mol. The Morgan fingerprint density at radius 3 is 2.50 bits per heavy atom. The van der Waals surface area contributed by atoms with Gasteiger partial charge in [-0.15, -0.1) is 0 Å². The van der Waals surface area contributed by atoms with Crippen molar-refractivity contribution in [1.82, 2.24) is 0 Å². The van der Waals surface area contributed by atoms with Gasteiger partial charge in [0.15, 0.2) is 5.69 Å². The standard InChI is InChI=1S/C9H9N/c1-7-5-4-6-9(10-3)8(7)2/h4-6H,1-2H3. The molecular formula is C9H9N. The maximum absolute atomic E-state index is 6.81. The zero-order chi connectivity index (χ0) is 7.56. The molecule has 1 heteroatoms. The molecule has 0 atom stereocenters. The Morgan fingerprint density at radius 1 is 1.30 bits per heavy atom. The predicted molar refractivity (Wildman–Crippen MR) is 42.2 cm³/mol. The fourth-order valence-corrected chi connectivity index (χ4v) is 0.857. The van der Waals surface area contributed by atoms with Crippen molar-refractivity contribution in [3.05, 3.63) is 40.7 Å². The lowest BCUT2D eigenvalue weighted by Crippen LogP contribution is -1.77. The maximum atomic E-state index is 6.81. The van der Waals surface area contributed by atoms with Crippen LogP contribution in [0, 0.1) is 20.4 Å². The zero-order valence-electron chi connectivity index (χ0n) is 6.18. The van der Waals surface area contributed by atoms with Crippen LogP contribution in [0.15, 0.2) is 18.2 Å². The number of hydrogen-bond acceptors (Lipinski definition) is 0. The third-order valence-corrected chi connectivity index (χ3v) is 1.70. The lowest BCUT2D eigenvalue weighted by Gasteiger charge is -1.98. The van der Waals surface area contributed by atoms with Crippen LogP contribution in [-0.4, -0.2) is 0 Å². The minimum atomic E-state index is 0.764. The van der Waals surface area contributed by atoms with Crippen molar-refractivity contribution in [2.24, 2.45) is 0 Å². The molecule has 10 heavy (non-hydrogen) atoms. The van der Waals surface area contributed by atoms with Crippen LogP contribution < -0.4 is 0 Å². The molecule has 0 aliphatic heterocycles. The van der Waals surface area contributed by atoms with Gasteiger partial charge in [-0.05, 0) is 19.4 Å². The average molecular weight is 131 g/mol. The van der Waals surface area contributed by atoms with E-state index in [4.69, 9.17) is 6.57 Å². The Kier molecular flexibility index (Phi) is 1.73. The van der Waals surface area contributed by atoms with E-state index in [1.165, 1.54) is 5.56 Å². The van der Waals surface area contributed by atoms with Crippen LogP contribution in [0.25, 0.3) is 4.85 Å². The Balaban J connectivity index is 3.31. The highest BCUT2D eigenvalue weighted by atomic mass is 14.6. The highest BCUT2D eigenvalue weighted by molar-refractivity contribution is 5.54. The van der Waals surface area contributed by atoms with Gasteiger partial charge in [0.1, 0.15) is 0 Å². The Morgan fingerprint density at radius 2 is 2.00 bits per heavy atom. The fourth-order valence-electron chi connectivity index (χ4n) is 0.857. The summed E-state index contributed by atoms with van der Waals surface area (Å²) in [4.78, 5) is 3.38. The molecule has 1 aromatic carbocycles. The average Bonchev–Trinajstić information content (AvgIpc) is 1.95. The van der Waals surface area contributed by atoms with E-state index in [9.17, 15) is 0 Å². The Hall–Kier alpha value is -1.29. The van der Waals surface area contributed by atoms with E-state index in [1.807, 2.05) is 32.0 Å². The SMILES string of the molecule is [C-]#[N+]c1cccc(C)c1C. The zero-order valence-corrected chi connectivity index (χ0v) is 6.18. The predicted octanol–water partition coefficient (Wildman–Crippen LogP) is 2.85. The highest BCUT2D eigenvalue weighted by Gasteiger charge is 1.96. The lowest BCUT2D eigenvalue weighted by molar-refractivity contribution is 1.35. The molecule has 0 fully saturated rings. The van der Waals surface area contributed by atoms with Crippen molar-refractivity contribution in [2.45, 2.75) is 13.8 Å². The van der Waals surface area contributed by atoms with E-state index in [-0.39, 0.29) is 0 Å². The Labute approximate surface area is 61.1 Å². The van der Waals surface area contributed by atoms with Crippen molar-refractivity contribution in [2.75, 3.05) is 0 Å². The summed E-state index contributed by atoms with van der Waals surface area (Å²) in [5, 5.41) is 0. The van der Waals surface area contributed by atoms with Crippen molar-refractivity contribution in [1.29, 1.82) is 0 Å². The number of rotatable bonds is 0. The molecule has 50 valence electrons. The monoisotopic (exact) mass is 131 g/mol. The third-order valence-electron chi connectivity index (χ3n) is 1.70. The van der Waals surface area contributed by atoms with E-state index >= 15 is 0 Å². The molecule has 0 bridgehead atoms. The minimum Gasteiger partial charge on any atom is -0.238 e. The number of aryl methyl sites for hydroxylation is 1. The second-order valence-electron chi connectivity index (χ2n) is 2.33. The second-order valence-corrected chi connectivity index (χ2v) is 2.33. The Bertz CT molecular complexity index is 281. The van der Waals surface area contributed by atoms with Crippen LogP contribution in [0.2, 0.25) is 0 Å². The van der Waals surface area contributed by atoms with E-state index in [0.29, 0.717) is 0 Å².